The fraction of sp³-hybridized carbons (Fsp3) is 0.667. The van der Waals surface area contributed by atoms with E-state index in [0.717, 1.165) is 0 Å². The third-order valence-electron chi connectivity index (χ3n) is 0.235. The summed E-state index contributed by atoms with van der Waals surface area (Å²) in [6, 6.07) is 0. The molecule has 6 heavy (non-hydrogen) atoms. The first kappa shape index (κ1) is 10.2. The van der Waals surface area contributed by atoms with Crippen LogP contribution in [-0.2, 0) is 9.53 Å². The number of methoxy groups -OCH3 is 1. The third-order valence-corrected chi connectivity index (χ3v) is 0.235. The van der Waals surface area contributed by atoms with Crippen molar-refractivity contribution in [2.75, 3.05) is 13.7 Å². The molecule has 0 aromatic heterocycles. The number of carbonyl (C=O) groups excluding carboxylic acids is 1. The predicted molar refractivity (Wildman–Crippen MR) is 25.9 cm³/mol. The second-order valence-electron chi connectivity index (χ2n) is 0.622. The molecule has 0 rings (SSSR count). The van der Waals surface area contributed by atoms with Gasteiger partial charge < -0.3 is 12.4 Å². The maximum Gasteiger partial charge on any atom is 2.00 e. The minimum absolute atomic E-state index is 0. The molecule has 0 aliphatic rings. The monoisotopic (exact) mass is 164 g/mol. The van der Waals surface area contributed by atoms with Gasteiger partial charge in [0, 0.05) is 7.11 Å². The summed E-state index contributed by atoms with van der Waals surface area (Å²) in [7, 11) is 1.48. The molecular weight excluding hydrogens is 156 g/mol. The first-order valence-corrected chi connectivity index (χ1v) is 1.34. The van der Waals surface area contributed by atoms with Gasteiger partial charge in [-0.25, -0.2) is 0 Å². The Balaban J connectivity index is -0.0000000267. The van der Waals surface area contributed by atoms with Crippen LogP contribution >= 0.6 is 0 Å². The Labute approximate surface area is 77.1 Å². The number of carbonyl (C=O) groups is 1. The van der Waals surface area contributed by atoms with Gasteiger partial charge in [-0.2, -0.15) is 0 Å². The first-order chi connectivity index (χ1) is 2.41. The molecular formula is C3H8O2Sr. The van der Waals surface area contributed by atoms with Gasteiger partial charge in [-0.05, 0) is 0 Å². The zero-order valence-electron chi connectivity index (χ0n) is 5.81. The zero-order chi connectivity index (χ0) is 4.12. The molecule has 0 unspecified atom stereocenters. The molecule has 0 aromatic carbocycles. The Hall–Kier alpha value is 1.11. The van der Waals surface area contributed by atoms with E-state index >= 15 is 0 Å². The van der Waals surface area contributed by atoms with Crippen molar-refractivity contribution in [1.82, 2.24) is 0 Å². The summed E-state index contributed by atoms with van der Waals surface area (Å²) in [4.78, 5) is 9.28. The Kier molecular flexibility index (Phi) is 16.0. The molecule has 0 fully saturated rings. The van der Waals surface area contributed by atoms with Crippen molar-refractivity contribution in [3.05, 3.63) is 0 Å². The van der Waals surface area contributed by atoms with E-state index in [2.05, 4.69) is 4.74 Å². The summed E-state index contributed by atoms with van der Waals surface area (Å²) in [6.45, 7) is 0.208. The molecule has 0 aliphatic heterocycles. The summed E-state index contributed by atoms with van der Waals surface area (Å²) in [6.07, 6.45) is 0.708. The van der Waals surface area contributed by atoms with Crippen LogP contribution in [0.25, 0.3) is 0 Å². The van der Waals surface area contributed by atoms with Gasteiger partial charge in [0.15, 0.2) is 0 Å². The van der Waals surface area contributed by atoms with Crippen LogP contribution < -0.4 is 0 Å². The van der Waals surface area contributed by atoms with Gasteiger partial charge in [-0.1, -0.05) is 0 Å². The molecule has 0 radical (unpaired) electrons. The molecule has 0 saturated heterocycles. The Morgan fingerprint density at radius 3 is 2.50 bits per heavy atom. The summed E-state index contributed by atoms with van der Waals surface area (Å²) in [5, 5.41) is 0. The van der Waals surface area contributed by atoms with Crippen LogP contribution in [0.2, 0.25) is 0 Å². The number of aldehydes is 1. The van der Waals surface area contributed by atoms with Crippen molar-refractivity contribution in [2.45, 2.75) is 0 Å². The molecule has 0 N–H and O–H groups in total. The van der Waals surface area contributed by atoms with Crippen molar-refractivity contribution in [3.8, 4) is 0 Å². The summed E-state index contributed by atoms with van der Waals surface area (Å²) in [5.41, 5.74) is 0. The normalized spacial score (nSPS) is 6.17. The summed E-state index contributed by atoms with van der Waals surface area (Å²) in [5.74, 6) is 0. The maximum absolute atomic E-state index is 9.28. The predicted octanol–water partition coefficient (Wildman–Crippen LogP) is -0.324. The third kappa shape index (κ3) is 8.92. The van der Waals surface area contributed by atoms with E-state index in [9.17, 15) is 4.79 Å². The smallest absolute Gasteiger partial charge is 1.00 e. The molecule has 0 heterocycles. The molecule has 34 valence electrons. The number of hydrogen-bond acceptors (Lipinski definition) is 2. The van der Waals surface area contributed by atoms with Crippen molar-refractivity contribution in [1.29, 1.82) is 0 Å². The average Bonchev–Trinajstić information content (AvgIpc) is 1.41. The summed E-state index contributed by atoms with van der Waals surface area (Å²) < 4.78 is 4.32. The van der Waals surface area contributed by atoms with E-state index in [0.29, 0.717) is 6.29 Å². The van der Waals surface area contributed by atoms with E-state index in [1.807, 2.05) is 0 Å². The SMILES string of the molecule is COCC=O.[H-].[H-].[Sr+2]. The van der Waals surface area contributed by atoms with Gasteiger partial charge in [0.25, 0.3) is 0 Å². The van der Waals surface area contributed by atoms with E-state index in [4.69, 9.17) is 0 Å². The number of rotatable bonds is 2. The Morgan fingerprint density at radius 2 is 2.50 bits per heavy atom. The molecule has 0 spiro atoms. The molecule has 0 aliphatic carbocycles. The molecule has 0 saturated carbocycles. The van der Waals surface area contributed by atoms with Crippen molar-refractivity contribution in [3.63, 3.8) is 0 Å². The average molecular weight is 164 g/mol. The van der Waals surface area contributed by atoms with Crippen molar-refractivity contribution < 1.29 is 12.4 Å². The second kappa shape index (κ2) is 9.45. The van der Waals surface area contributed by atoms with Crippen LogP contribution in [0.1, 0.15) is 2.85 Å². The fourth-order valence-corrected chi connectivity index (χ4v) is 0.0680. The van der Waals surface area contributed by atoms with Crippen molar-refractivity contribution >= 4 is 51.8 Å². The topological polar surface area (TPSA) is 26.3 Å². The van der Waals surface area contributed by atoms with Crippen LogP contribution in [0.3, 0.4) is 0 Å². The second-order valence-corrected chi connectivity index (χ2v) is 0.622. The van der Waals surface area contributed by atoms with E-state index in [1.165, 1.54) is 7.11 Å². The molecule has 3 heteroatoms. The Morgan fingerprint density at radius 1 is 2.00 bits per heavy atom. The molecule has 0 bridgehead atoms. The van der Waals surface area contributed by atoms with Gasteiger partial charge in [-0.15, -0.1) is 0 Å². The van der Waals surface area contributed by atoms with Crippen LogP contribution in [0, 0.1) is 0 Å². The van der Waals surface area contributed by atoms with E-state index < -0.39 is 0 Å². The van der Waals surface area contributed by atoms with Crippen LogP contribution in [0.4, 0.5) is 0 Å². The maximum atomic E-state index is 9.28. The van der Waals surface area contributed by atoms with E-state index in [-0.39, 0.29) is 54.9 Å². The van der Waals surface area contributed by atoms with Gasteiger partial charge >= 0.3 is 45.5 Å². The minimum Gasteiger partial charge on any atom is -1.00 e. The number of hydrogen-bond donors (Lipinski definition) is 0. The van der Waals surface area contributed by atoms with E-state index in [1.54, 1.807) is 0 Å². The molecule has 0 atom stereocenters. The number of ether oxygens (including phenoxy) is 1. The quantitative estimate of drug-likeness (QED) is 0.412. The van der Waals surface area contributed by atoms with Crippen LogP contribution in [-0.4, -0.2) is 65.5 Å². The van der Waals surface area contributed by atoms with Gasteiger partial charge in [-0.3, -0.25) is 0 Å². The molecule has 2 nitrogen and oxygen atoms in total. The van der Waals surface area contributed by atoms with Gasteiger partial charge in [0.1, 0.15) is 12.9 Å². The first-order valence-electron chi connectivity index (χ1n) is 1.34. The fourth-order valence-electron chi connectivity index (χ4n) is 0.0680. The Bertz CT molecular complexity index is 36.5. The molecule has 0 amide bonds. The van der Waals surface area contributed by atoms with Crippen LogP contribution in [0.15, 0.2) is 0 Å². The zero-order valence-corrected chi connectivity index (χ0v) is 7.28. The van der Waals surface area contributed by atoms with Crippen LogP contribution in [0.5, 0.6) is 0 Å². The standard InChI is InChI=1S/C3H6O2.Sr.2H/c1-5-3-2-4;;;/h2H,3H2,1H3;;;/q;+2;2*-1. The molecule has 0 aromatic rings. The van der Waals surface area contributed by atoms with Gasteiger partial charge in [0.2, 0.25) is 0 Å². The minimum atomic E-state index is 0. The van der Waals surface area contributed by atoms with Gasteiger partial charge in [0.05, 0.1) is 0 Å². The summed E-state index contributed by atoms with van der Waals surface area (Å²) >= 11 is 0. The largest absolute Gasteiger partial charge is 2.00 e. The van der Waals surface area contributed by atoms with Crippen molar-refractivity contribution in [2.24, 2.45) is 0 Å².